The van der Waals surface area contributed by atoms with E-state index in [1.165, 1.54) is 6.07 Å². The van der Waals surface area contributed by atoms with Crippen molar-refractivity contribution in [1.29, 1.82) is 0 Å². The van der Waals surface area contributed by atoms with Crippen LogP contribution in [0, 0.1) is 27.7 Å². The molecule has 4 aromatic heterocycles. The van der Waals surface area contributed by atoms with Gasteiger partial charge < -0.3 is 21.1 Å². The van der Waals surface area contributed by atoms with Gasteiger partial charge in [0.05, 0.1) is 59.6 Å². The summed E-state index contributed by atoms with van der Waals surface area (Å²) in [6, 6.07) is 24.2. The quantitative estimate of drug-likeness (QED) is 0.0514. The van der Waals surface area contributed by atoms with E-state index in [0.29, 0.717) is 97.8 Å². The van der Waals surface area contributed by atoms with Crippen molar-refractivity contribution in [3.63, 3.8) is 0 Å². The molecule has 0 bridgehead atoms. The van der Waals surface area contributed by atoms with Crippen molar-refractivity contribution in [3.05, 3.63) is 154 Å². The molecule has 0 spiro atoms. The predicted octanol–water partition coefficient (Wildman–Crippen LogP) is 14.0. The molecule has 1 saturated carbocycles. The van der Waals surface area contributed by atoms with Crippen molar-refractivity contribution in [3.8, 4) is 44.8 Å². The predicted molar refractivity (Wildman–Crippen MR) is 286 cm³/mol. The van der Waals surface area contributed by atoms with Gasteiger partial charge in [-0.1, -0.05) is 62.4 Å². The van der Waals surface area contributed by atoms with Gasteiger partial charge in [0.1, 0.15) is 6.17 Å². The molecule has 12 nitrogen and oxygen atoms in total. The Kier molecular flexibility index (Phi) is 16.3. The van der Waals surface area contributed by atoms with Gasteiger partial charge in [0.2, 0.25) is 0 Å². The van der Waals surface area contributed by atoms with Crippen molar-refractivity contribution in [1.82, 2.24) is 24.1 Å². The zero-order chi connectivity index (χ0) is 56.4. The largest absolute Gasteiger partial charge is 0.478 e. The first kappa shape index (κ1) is 55.9. The lowest BCUT2D eigenvalue weighted by molar-refractivity contribution is -0.132. The summed E-state index contributed by atoms with van der Waals surface area (Å²) in [7, 11) is 0. The maximum atomic E-state index is 13.3. The lowest BCUT2D eigenvalue weighted by Crippen LogP contribution is -2.27. The Morgan fingerprint density at radius 1 is 0.564 bits per heavy atom. The molecule has 4 N–H and O–H groups in total. The number of amides is 1. The number of aryl methyl sites for hydroxylation is 4. The summed E-state index contributed by atoms with van der Waals surface area (Å²) >= 11 is 0. The smallest absolute Gasteiger partial charge is 0.390 e. The van der Waals surface area contributed by atoms with Gasteiger partial charge in [-0.25, -0.2) is 19.2 Å². The van der Waals surface area contributed by atoms with Crippen molar-refractivity contribution in [2.24, 2.45) is 0 Å². The Bertz CT molecular complexity index is 3620. The van der Waals surface area contributed by atoms with E-state index in [4.69, 9.17) is 0 Å². The summed E-state index contributed by atoms with van der Waals surface area (Å²) in [6.45, 7) is 10.2. The van der Waals surface area contributed by atoms with Gasteiger partial charge in [-0.15, -0.1) is 0 Å². The van der Waals surface area contributed by atoms with Crippen LogP contribution in [0.4, 0.5) is 42.1 Å². The minimum atomic E-state index is -4.31. The van der Waals surface area contributed by atoms with Crippen LogP contribution in [0.2, 0.25) is 0 Å². The van der Waals surface area contributed by atoms with E-state index in [2.05, 4.69) is 25.9 Å². The van der Waals surface area contributed by atoms with Crippen molar-refractivity contribution in [2.45, 2.75) is 98.2 Å². The lowest BCUT2D eigenvalue weighted by atomic mass is 9.99. The standard InChI is InChI=1S/C31H30F4N4O2.C28H26F3N3O3/c1-4-28(40)22-7-6-20(12-17(22)2)27-15-37-29-26(36-10-9-31(33,34)35)13-21(16-39(27)29)19-5-8-23(18(3)11-19)30(41)38-25-14-24(25)32;1-4-25(35)21-7-6-19(12-16(21)2)24-14-33-26-23(32-10-9-28(29,30)31)13-20(15-34(24)26)18-5-8-22(27(36)37)17(3)11-18/h5-8,11-13,15-16,24-25,36H,4,9-10,14H2,1-3H3,(H,38,41);5-8,11-15,32H,4,9-10H2,1-3H3,(H,36,37)/t24-,25?;/m0./s1. The van der Waals surface area contributed by atoms with Crippen LogP contribution in [-0.2, 0) is 0 Å². The van der Waals surface area contributed by atoms with E-state index in [-0.39, 0.29) is 36.1 Å². The van der Waals surface area contributed by atoms with Crippen molar-refractivity contribution in [2.75, 3.05) is 23.7 Å². The molecule has 2 atom stereocenters. The number of aromatic carboxylic acids is 1. The van der Waals surface area contributed by atoms with Gasteiger partial charge >= 0.3 is 18.3 Å². The number of benzene rings is 4. The zero-order valence-electron chi connectivity index (χ0n) is 43.5. The highest BCUT2D eigenvalue weighted by Crippen LogP contribution is 2.35. The molecule has 1 fully saturated rings. The van der Waals surface area contributed by atoms with E-state index < -0.39 is 43.4 Å². The van der Waals surface area contributed by atoms with Gasteiger partial charge in [-0.3, -0.25) is 23.2 Å². The number of carbonyl (C=O) groups excluding carboxylic acids is 3. The Morgan fingerprint density at radius 3 is 1.29 bits per heavy atom. The second-order valence-corrected chi connectivity index (χ2v) is 19.4. The van der Waals surface area contributed by atoms with E-state index >= 15 is 0 Å². The molecule has 1 aliphatic carbocycles. The number of aromatic nitrogens is 4. The normalized spacial score (nSPS) is 14.2. The SMILES string of the molecule is CCC(=O)c1ccc(-c2cnc3c(NCCC(F)(F)F)cc(-c4ccc(C(=O)NC5C[C@@H]5F)c(C)c4)cn23)cc1C.CCC(=O)c1ccc(-c2cnc3c(NCCC(F)(F)F)cc(-c4ccc(C(=O)O)c(C)c4)cn23)cc1C. The number of hydrogen-bond acceptors (Lipinski definition) is 8. The second kappa shape index (κ2) is 22.7. The van der Waals surface area contributed by atoms with E-state index in [1.54, 1.807) is 86.1 Å². The first-order chi connectivity index (χ1) is 36.9. The topological polar surface area (TPSA) is 159 Å². The summed E-state index contributed by atoms with van der Waals surface area (Å²) in [5, 5.41) is 17.8. The van der Waals surface area contributed by atoms with Crippen molar-refractivity contribution < 1.29 is 55.0 Å². The molecule has 8 aromatic rings. The Morgan fingerprint density at radius 2 is 0.936 bits per heavy atom. The fraction of sp³-hybridized carbons (Fsp3) is 0.288. The number of hydrogen-bond donors (Lipinski definition) is 4. The number of nitrogens with one attached hydrogen (secondary N) is 3. The average Bonchev–Trinajstić information content (AvgIpc) is 3.71. The highest BCUT2D eigenvalue weighted by molar-refractivity contribution is 5.99. The third-order valence-corrected chi connectivity index (χ3v) is 13.6. The third-order valence-electron chi connectivity index (χ3n) is 13.6. The fourth-order valence-electron chi connectivity index (χ4n) is 9.25. The molecule has 1 amide bonds. The van der Waals surface area contributed by atoms with Gasteiger partial charge in [0, 0.05) is 83.7 Å². The lowest BCUT2D eigenvalue weighted by Gasteiger charge is -2.15. The molecular weight excluding hydrogens is 1020 g/mol. The first-order valence-electron chi connectivity index (χ1n) is 25.3. The number of carboxylic acid groups (broad SMARTS) is 1. The van der Waals surface area contributed by atoms with Gasteiger partial charge in [0.15, 0.2) is 22.9 Å². The van der Waals surface area contributed by atoms with Gasteiger partial charge in [-0.2, -0.15) is 26.3 Å². The molecular formula is C59H56F7N7O5. The molecule has 0 saturated heterocycles. The first-order valence-corrected chi connectivity index (χ1v) is 25.3. The number of ketones is 2. The van der Waals surface area contributed by atoms with E-state index in [9.17, 15) is 55.0 Å². The fourth-order valence-corrected chi connectivity index (χ4v) is 9.25. The van der Waals surface area contributed by atoms with Crippen LogP contribution in [0.3, 0.4) is 0 Å². The number of halogens is 7. The molecule has 1 unspecified atom stereocenters. The molecule has 0 aliphatic heterocycles. The molecule has 4 heterocycles. The Hall–Kier alpha value is -8.35. The van der Waals surface area contributed by atoms with Crippen LogP contribution in [0.1, 0.15) is 110 Å². The summed E-state index contributed by atoms with van der Waals surface area (Å²) < 4.78 is 94.0. The number of nitrogens with zero attached hydrogens (tertiary/aromatic N) is 4. The minimum absolute atomic E-state index is 0.0415. The molecule has 0 radical (unpaired) electrons. The number of alkyl halides is 7. The number of fused-ring (bicyclic) bond motifs is 2. The highest BCUT2D eigenvalue weighted by Gasteiger charge is 2.39. The molecule has 9 rings (SSSR count). The molecule has 78 heavy (non-hydrogen) atoms. The van der Waals surface area contributed by atoms with E-state index in [1.807, 2.05) is 67.9 Å². The summed E-state index contributed by atoms with van der Waals surface area (Å²) in [5.74, 6) is -1.30. The average molecular weight is 1080 g/mol. The Balaban J connectivity index is 0.000000207. The number of carbonyl (C=O) groups is 4. The van der Waals surface area contributed by atoms with Crippen LogP contribution in [0.5, 0.6) is 0 Å². The van der Waals surface area contributed by atoms with Gasteiger partial charge in [-0.05, 0) is 97.5 Å². The number of anilines is 2. The molecule has 4 aromatic carbocycles. The van der Waals surface area contributed by atoms with Crippen LogP contribution in [0.15, 0.2) is 110 Å². The van der Waals surface area contributed by atoms with E-state index in [0.717, 1.165) is 27.8 Å². The van der Waals surface area contributed by atoms with Crippen LogP contribution >= 0.6 is 0 Å². The summed E-state index contributed by atoms with van der Waals surface area (Å²) in [5.41, 5.74) is 12.4. The minimum Gasteiger partial charge on any atom is -0.478 e. The van der Waals surface area contributed by atoms with Gasteiger partial charge in [0.25, 0.3) is 5.91 Å². The molecule has 406 valence electrons. The number of imidazole rings is 2. The second-order valence-electron chi connectivity index (χ2n) is 19.4. The van der Waals surface area contributed by atoms with Crippen LogP contribution in [0.25, 0.3) is 56.1 Å². The number of rotatable bonds is 17. The Labute approximate surface area is 444 Å². The van der Waals surface area contributed by atoms with Crippen molar-refractivity contribution >= 4 is 46.1 Å². The maximum Gasteiger partial charge on any atom is 0.390 e. The summed E-state index contributed by atoms with van der Waals surface area (Å²) in [6.07, 6.45) is -3.57. The van der Waals surface area contributed by atoms with Crippen LogP contribution < -0.4 is 16.0 Å². The number of Topliss-reactive ketones (excluding diaryl/α,β-unsaturated/α-hetero) is 2. The highest BCUT2D eigenvalue weighted by atomic mass is 19.4. The van der Waals surface area contributed by atoms with Crippen LogP contribution in [-0.4, -0.2) is 85.0 Å². The third kappa shape index (κ3) is 12.7. The number of carboxylic acids is 1. The monoisotopic (exact) mass is 1080 g/mol. The number of pyridine rings is 2. The molecule has 1 aliphatic rings. The summed E-state index contributed by atoms with van der Waals surface area (Å²) in [4.78, 5) is 57.5. The zero-order valence-corrected chi connectivity index (χ0v) is 43.5. The maximum absolute atomic E-state index is 13.3. The molecule has 19 heteroatoms.